The highest BCUT2D eigenvalue weighted by Gasteiger charge is 2.22. The number of ether oxygens (including phenoxy) is 1. The summed E-state index contributed by atoms with van der Waals surface area (Å²) in [5.41, 5.74) is 0. The fourth-order valence-electron chi connectivity index (χ4n) is 1.28. The average Bonchev–Trinajstić information content (AvgIpc) is 1.98. The van der Waals surface area contributed by atoms with Crippen molar-refractivity contribution in [2.45, 2.75) is 18.9 Å². The van der Waals surface area contributed by atoms with Crippen molar-refractivity contribution >= 4 is 11.9 Å². The molecule has 0 radical (unpaired) electrons. The molecule has 1 atom stereocenters. The van der Waals surface area contributed by atoms with Crippen molar-refractivity contribution in [2.24, 2.45) is 0 Å². The molecule has 0 amide bonds. The van der Waals surface area contributed by atoms with Gasteiger partial charge in [0.2, 0.25) is 0 Å². The third kappa shape index (κ3) is 8.19. The van der Waals surface area contributed by atoms with Crippen LogP contribution in [0.2, 0.25) is 0 Å². The van der Waals surface area contributed by atoms with Crippen LogP contribution >= 0.6 is 0 Å². The molecule has 1 unspecified atom stereocenters. The number of nitrogens with zero attached hydrogens (tertiary/aromatic N) is 1. The van der Waals surface area contributed by atoms with E-state index in [1.165, 1.54) is 0 Å². The Kier molecular flexibility index (Phi) is 5.98. The molecular formula is C10H19NO5. The van der Waals surface area contributed by atoms with Gasteiger partial charge in [-0.1, -0.05) is 0 Å². The summed E-state index contributed by atoms with van der Waals surface area (Å²) in [6.45, 7) is 0.0758. The largest absolute Gasteiger partial charge is 0.550 e. The first kappa shape index (κ1) is 14.9. The van der Waals surface area contributed by atoms with Crippen LogP contribution in [0.15, 0.2) is 0 Å². The smallest absolute Gasteiger partial charge is 0.308 e. The number of carbonyl (C=O) groups is 2. The van der Waals surface area contributed by atoms with E-state index in [0.29, 0.717) is 11.0 Å². The molecule has 6 nitrogen and oxygen atoms in total. The molecule has 0 aliphatic rings. The van der Waals surface area contributed by atoms with E-state index in [1.54, 1.807) is 0 Å². The molecule has 0 fully saturated rings. The van der Waals surface area contributed by atoms with Gasteiger partial charge in [-0.25, -0.2) is 0 Å². The third-order valence-corrected chi connectivity index (χ3v) is 1.76. The Hall–Kier alpha value is -1.14. The third-order valence-electron chi connectivity index (χ3n) is 1.76. The number of quaternary nitrogens is 1. The average molecular weight is 233 g/mol. The highest BCUT2D eigenvalue weighted by atomic mass is 16.5. The number of rotatable bonds is 7. The van der Waals surface area contributed by atoms with Gasteiger partial charge in [0, 0.05) is 12.4 Å². The Balaban J connectivity index is 4.31. The minimum Gasteiger partial charge on any atom is -0.550 e. The van der Waals surface area contributed by atoms with Crippen LogP contribution in [0.25, 0.3) is 0 Å². The van der Waals surface area contributed by atoms with Crippen LogP contribution in [0, 0.1) is 0 Å². The molecule has 0 heterocycles. The molecule has 0 aliphatic carbocycles. The van der Waals surface area contributed by atoms with Crippen LogP contribution in [-0.2, 0) is 14.3 Å². The summed E-state index contributed by atoms with van der Waals surface area (Å²) < 4.78 is 5.42. The summed E-state index contributed by atoms with van der Waals surface area (Å²) in [4.78, 5) is 21.6. The van der Waals surface area contributed by atoms with E-state index in [2.05, 4.69) is 0 Å². The Labute approximate surface area is 95.0 Å². The van der Waals surface area contributed by atoms with Gasteiger partial charge in [0.05, 0.1) is 34.2 Å². The molecule has 0 aromatic rings. The van der Waals surface area contributed by atoms with Crippen molar-refractivity contribution in [3.63, 3.8) is 0 Å². The standard InChI is InChI=1S/C10H19NO5/c1-11(2,3)7-8(6-9(13)14)16-10(15)4-5-12/h8,12H,4-7H2,1-3H3. The van der Waals surface area contributed by atoms with E-state index in [1.807, 2.05) is 21.1 Å². The summed E-state index contributed by atoms with van der Waals surface area (Å²) >= 11 is 0. The maximum atomic E-state index is 11.1. The van der Waals surface area contributed by atoms with Gasteiger partial charge in [0.15, 0.2) is 6.10 Å². The normalized spacial score (nSPS) is 13.2. The minimum atomic E-state index is -1.25. The zero-order valence-electron chi connectivity index (χ0n) is 9.93. The number of hydrogen-bond donors (Lipinski definition) is 1. The number of aliphatic hydroxyl groups excluding tert-OH is 1. The van der Waals surface area contributed by atoms with E-state index in [0.717, 1.165) is 0 Å². The molecule has 0 aromatic heterocycles. The van der Waals surface area contributed by atoms with Crippen LogP contribution in [-0.4, -0.2) is 61.9 Å². The summed E-state index contributed by atoms with van der Waals surface area (Å²) in [7, 11) is 5.59. The molecule has 0 saturated carbocycles. The second kappa shape index (κ2) is 6.44. The van der Waals surface area contributed by atoms with Crippen molar-refractivity contribution in [1.82, 2.24) is 0 Å². The summed E-state index contributed by atoms with van der Waals surface area (Å²) in [6.07, 6.45) is -1.17. The molecule has 16 heavy (non-hydrogen) atoms. The van der Waals surface area contributed by atoms with Crippen molar-refractivity contribution in [3.8, 4) is 0 Å². The van der Waals surface area contributed by atoms with Crippen LogP contribution in [0.4, 0.5) is 0 Å². The van der Waals surface area contributed by atoms with Crippen molar-refractivity contribution in [3.05, 3.63) is 0 Å². The lowest BCUT2D eigenvalue weighted by molar-refractivity contribution is -0.873. The van der Waals surface area contributed by atoms with Crippen molar-refractivity contribution < 1.29 is 29.0 Å². The number of likely N-dealkylation sites (N-methyl/N-ethyl adjacent to an activating group) is 1. The zero-order chi connectivity index (χ0) is 12.8. The number of aliphatic hydroxyl groups is 1. The number of esters is 1. The summed E-state index contributed by atoms with van der Waals surface area (Å²) in [5, 5.41) is 19.0. The Morgan fingerprint density at radius 3 is 2.31 bits per heavy atom. The van der Waals surface area contributed by atoms with Crippen molar-refractivity contribution in [2.75, 3.05) is 34.3 Å². The molecule has 0 rings (SSSR count). The molecule has 0 aliphatic heterocycles. The molecule has 0 bridgehead atoms. The maximum absolute atomic E-state index is 11.1. The number of carboxylic acids is 1. The van der Waals surface area contributed by atoms with Gasteiger partial charge in [-0.2, -0.15) is 0 Å². The SMILES string of the molecule is C[N+](C)(C)CC(CC(=O)[O-])OC(=O)CCO. The zero-order valence-corrected chi connectivity index (χ0v) is 9.93. The highest BCUT2D eigenvalue weighted by Crippen LogP contribution is 2.05. The van der Waals surface area contributed by atoms with E-state index in [-0.39, 0.29) is 19.4 Å². The number of aliphatic carboxylic acids is 1. The summed E-state index contributed by atoms with van der Waals surface area (Å²) in [5.74, 6) is -1.85. The predicted molar refractivity (Wildman–Crippen MR) is 54.1 cm³/mol. The lowest BCUT2D eigenvalue weighted by Gasteiger charge is -2.29. The molecule has 6 heteroatoms. The first-order valence-corrected chi connectivity index (χ1v) is 5.05. The molecule has 1 N–H and O–H groups in total. The van der Waals surface area contributed by atoms with E-state index in [4.69, 9.17) is 9.84 Å². The first-order chi connectivity index (χ1) is 7.24. The van der Waals surface area contributed by atoms with E-state index >= 15 is 0 Å². The minimum absolute atomic E-state index is 0.124. The van der Waals surface area contributed by atoms with Crippen molar-refractivity contribution in [1.29, 1.82) is 0 Å². The van der Waals surface area contributed by atoms with Gasteiger partial charge in [0.1, 0.15) is 6.54 Å². The first-order valence-electron chi connectivity index (χ1n) is 5.05. The van der Waals surface area contributed by atoms with Gasteiger partial charge < -0.3 is 24.2 Å². The Morgan fingerprint density at radius 1 is 1.38 bits per heavy atom. The van der Waals surface area contributed by atoms with E-state index < -0.39 is 18.0 Å². The summed E-state index contributed by atoms with van der Waals surface area (Å²) in [6, 6.07) is 0. The molecule has 0 saturated heterocycles. The van der Waals surface area contributed by atoms with Crippen LogP contribution in [0.5, 0.6) is 0 Å². The Morgan fingerprint density at radius 2 is 1.94 bits per heavy atom. The van der Waals surface area contributed by atoms with Gasteiger partial charge in [-0.15, -0.1) is 0 Å². The highest BCUT2D eigenvalue weighted by molar-refractivity contribution is 5.71. The lowest BCUT2D eigenvalue weighted by atomic mass is 10.2. The lowest BCUT2D eigenvalue weighted by Crippen LogP contribution is -2.45. The molecule has 94 valence electrons. The second-order valence-corrected chi connectivity index (χ2v) is 4.63. The Bertz CT molecular complexity index is 246. The molecule has 0 aromatic carbocycles. The number of carbonyl (C=O) groups excluding carboxylic acids is 2. The van der Waals surface area contributed by atoms with Gasteiger partial charge in [0.25, 0.3) is 0 Å². The topological polar surface area (TPSA) is 86.7 Å². The predicted octanol–water partition coefficient (Wildman–Crippen LogP) is -1.87. The second-order valence-electron chi connectivity index (χ2n) is 4.63. The monoisotopic (exact) mass is 233 g/mol. The van der Waals surface area contributed by atoms with Crippen LogP contribution in [0.1, 0.15) is 12.8 Å². The molecular weight excluding hydrogens is 214 g/mol. The quantitative estimate of drug-likeness (QED) is 0.411. The number of carboxylic acid groups (broad SMARTS) is 1. The van der Waals surface area contributed by atoms with Gasteiger partial charge in [-0.3, -0.25) is 4.79 Å². The fourth-order valence-corrected chi connectivity index (χ4v) is 1.28. The van der Waals surface area contributed by atoms with Crippen LogP contribution in [0.3, 0.4) is 0 Å². The van der Waals surface area contributed by atoms with E-state index in [9.17, 15) is 14.7 Å². The van der Waals surface area contributed by atoms with Gasteiger partial charge in [-0.05, 0) is 0 Å². The van der Waals surface area contributed by atoms with Gasteiger partial charge >= 0.3 is 5.97 Å². The number of hydrogen-bond acceptors (Lipinski definition) is 5. The van der Waals surface area contributed by atoms with Crippen LogP contribution < -0.4 is 5.11 Å². The fraction of sp³-hybridized carbons (Fsp3) is 0.800. The maximum Gasteiger partial charge on any atom is 0.308 e. The molecule has 0 spiro atoms.